The SMILES string of the molecule is COc1ccc(C)cc1C1(C(C)=O)CCN(C)CC1. The molecule has 0 aromatic heterocycles. The highest BCUT2D eigenvalue weighted by Gasteiger charge is 2.41. The zero-order valence-corrected chi connectivity index (χ0v) is 12.3. The van der Waals surface area contributed by atoms with Gasteiger partial charge in [0.05, 0.1) is 12.5 Å². The Morgan fingerprint density at radius 1 is 1.32 bits per heavy atom. The van der Waals surface area contributed by atoms with Gasteiger partial charge in [0.2, 0.25) is 0 Å². The molecule has 19 heavy (non-hydrogen) atoms. The third-order valence-corrected chi connectivity index (χ3v) is 4.39. The second-order valence-electron chi connectivity index (χ2n) is 5.65. The van der Waals surface area contributed by atoms with Crippen LogP contribution in [0.5, 0.6) is 5.75 Å². The van der Waals surface area contributed by atoms with Crippen LogP contribution in [0.2, 0.25) is 0 Å². The van der Waals surface area contributed by atoms with Gasteiger partial charge in [-0.15, -0.1) is 0 Å². The van der Waals surface area contributed by atoms with Crippen LogP contribution >= 0.6 is 0 Å². The Morgan fingerprint density at radius 3 is 2.47 bits per heavy atom. The lowest BCUT2D eigenvalue weighted by Crippen LogP contribution is -2.45. The predicted octanol–water partition coefficient (Wildman–Crippen LogP) is 2.56. The summed E-state index contributed by atoms with van der Waals surface area (Å²) in [5.41, 5.74) is 1.87. The summed E-state index contributed by atoms with van der Waals surface area (Å²) < 4.78 is 5.49. The molecule has 0 saturated carbocycles. The minimum absolute atomic E-state index is 0.254. The lowest BCUT2D eigenvalue weighted by Gasteiger charge is -2.40. The maximum absolute atomic E-state index is 12.3. The van der Waals surface area contributed by atoms with Gasteiger partial charge < -0.3 is 9.64 Å². The maximum atomic E-state index is 12.3. The minimum Gasteiger partial charge on any atom is -0.496 e. The summed E-state index contributed by atoms with van der Waals surface area (Å²) in [6, 6.07) is 6.13. The molecule has 1 fully saturated rings. The molecule has 0 atom stereocenters. The first kappa shape index (κ1) is 14.1. The number of aryl methyl sites for hydroxylation is 1. The fraction of sp³-hybridized carbons (Fsp3) is 0.562. The van der Waals surface area contributed by atoms with Gasteiger partial charge in [-0.05, 0) is 52.9 Å². The van der Waals surface area contributed by atoms with Gasteiger partial charge in [-0.3, -0.25) is 4.79 Å². The molecule has 3 nitrogen and oxygen atoms in total. The number of ether oxygens (including phenoxy) is 1. The largest absolute Gasteiger partial charge is 0.496 e. The highest BCUT2D eigenvalue weighted by molar-refractivity contribution is 5.89. The Bertz CT molecular complexity index is 474. The average Bonchev–Trinajstić information content (AvgIpc) is 2.39. The van der Waals surface area contributed by atoms with E-state index in [1.54, 1.807) is 14.0 Å². The van der Waals surface area contributed by atoms with Gasteiger partial charge in [-0.2, -0.15) is 0 Å². The van der Waals surface area contributed by atoms with E-state index in [4.69, 9.17) is 4.74 Å². The van der Waals surface area contributed by atoms with Crippen LogP contribution in [-0.2, 0) is 10.2 Å². The molecule has 104 valence electrons. The predicted molar refractivity (Wildman–Crippen MR) is 76.8 cm³/mol. The van der Waals surface area contributed by atoms with Gasteiger partial charge >= 0.3 is 0 Å². The molecular weight excluding hydrogens is 238 g/mol. The highest BCUT2D eigenvalue weighted by atomic mass is 16.5. The molecule has 0 aliphatic carbocycles. The number of carbonyl (C=O) groups is 1. The lowest BCUT2D eigenvalue weighted by molar-refractivity contribution is -0.124. The quantitative estimate of drug-likeness (QED) is 0.837. The molecule has 1 aliphatic heterocycles. The molecule has 0 unspecified atom stereocenters. The second kappa shape index (κ2) is 5.33. The summed E-state index contributed by atoms with van der Waals surface area (Å²) in [7, 11) is 3.79. The van der Waals surface area contributed by atoms with Crippen LogP contribution in [0.3, 0.4) is 0 Å². The number of carbonyl (C=O) groups excluding carboxylic acids is 1. The molecule has 0 bridgehead atoms. The first-order chi connectivity index (χ1) is 8.99. The molecule has 0 N–H and O–H groups in total. The van der Waals surface area contributed by atoms with E-state index in [1.165, 1.54) is 5.56 Å². The minimum atomic E-state index is -0.371. The molecule has 0 radical (unpaired) electrons. The zero-order chi connectivity index (χ0) is 14.0. The standard InChI is InChI=1S/C16H23NO2/c1-12-5-6-15(19-4)14(11-12)16(13(2)18)7-9-17(3)10-8-16/h5-6,11H,7-10H2,1-4H3. The molecular formula is C16H23NO2. The van der Waals surface area contributed by atoms with E-state index in [1.807, 2.05) is 12.1 Å². The van der Waals surface area contributed by atoms with Crippen molar-refractivity contribution in [3.63, 3.8) is 0 Å². The van der Waals surface area contributed by atoms with Crippen molar-refractivity contribution < 1.29 is 9.53 Å². The molecule has 1 saturated heterocycles. The molecule has 1 aromatic rings. The summed E-state index contributed by atoms with van der Waals surface area (Å²) >= 11 is 0. The van der Waals surface area contributed by atoms with E-state index in [0.717, 1.165) is 37.2 Å². The van der Waals surface area contributed by atoms with Crippen LogP contribution < -0.4 is 4.74 Å². The fourth-order valence-electron chi connectivity index (χ4n) is 3.01. The van der Waals surface area contributed by atoms with E-state index in [2.05, 4.69) is 24.9 Å². The molecule has 0 spiro atoms. The summed E-state index contributed by atoms with van der Waals surface area (Å²) in [5, 5.41) is 0. The monoisotopic (exact) mass is 261 g/mol. The Balaban J connectivity index is 2.50. The van der Waals surface area contributed by atoms with E-state index in [-0.39, 0.29) is 11.2 Å². The molecule has 1 heterocycles. The van der Waals surface area contributed by atoms with E-state index in [9.17, 15) is 4.79 Å². The Labute approximate surface area is 115 Å². The number of benzene rings is 1. The summed E-state index contributed by atoms with van der Waals surface area (Å²) in [4.78, 5) is 14.6. The first-order valence-corrected chi connectivity index (χ1v) is 6.84. The van der Waals surface area contributed by atoms with Crippen molar-refractivity contribution in [2.75, 3.05) is 27.2 Å². The number of likely N-dealkylation sites (tertiary alicyclic amines) is 1. The van der Waals surface area contributed by atoms with Crippen LogP contribution in [0.1, 0.15) is 30.9 Å². The number of rotatable bonds is 3. The number of Topliss-reactive ketones (excluding diaryl/α,β-unsaturated/α-hetero) is 1. The average molecular weight is 261 g/mol. The number of methoxy groups -OCH3 is 1. The van der Waals surface area contributed by atoms with Crippen molar-refractivity contribution in [3.8, 4) is 5.75 Å². The van der Waals surface area contributed by atoms with Gasteiger partial charge in [0, 0.05) is 5.56 Å². The van der Waals surface area contributed by atoms with Crippen molar-refractivity contribution in [1.29, 1.82) is 0 Å². The topological polar surface area (TPSA) is 29.5 Å². The Morgan fingerprint density at radius 2 is 1.95 bits per heavy atom. The van der Waals surface area contributed by atoms with Crippen molar-refractivity contribution in [2.24, 2.45) is 0 Å². The van der Waals surface area contributed by atoms with Gasteiger partial charge in [-0.1, -0.05) is 17.7 Å². The number of hydrogen-bond acceptors (Lipinski definition) is 3. The first-order valence-electron chi connectivity index (χ1n) is 6.84. The van der Waals surface area contributed by atoms with Crippen LogP contribution in [0.25, 0.3) is 0 Å². The summed E-state index contributed by atoms with van der Waals surface area (Å²) in [5.74, 6) is 1.09. The van der Waals surface area contributed by atoms with Crippen molar-refractivity contribution in [1.82, 2.24) is 4.90 Å². The van der Waals surface area contributed by atoms with Crippen molar-refractivity contribution in [2.45, 2.75) is 32.1 Å². The van der Waals surface area contributed by atoms with E-state index in [0.29, 0.717) is 0 Å². The van der Waals surface area contributed by atoms with Crippen molar-refractivity contribution in [3.05, 3.63) is 29.3 Å². The fourth-order valence-corrected chi connectivity index (χ4v) is 3.01. The molecule has 0 amide bonds. The van der Waals surface area contributed by atoms with E-state index < -0.39 is 0 Å². The molecule has 1 aliphatic rings. The van der Waals surface area contributed by atoms with Crippen LogP contribution in [-0.4, -0.2) is 37.9 Å². The van der Waals surface area contributed by atoms with E-state index >= 15 is 0 Å². The number of ketones is 1. The second-order valence-corrected chi connectivity index (χ2v) is 5.65. The summed E-state index contributed by atoms with van der Waals surface area (Å²) in [6.45, 7) is 5.69. The summed E-state index contributed by atoms with van der Waals surface area (Å²) in [6.07, 6.45) is 1.75. The highest BCUT2D eigenvalue weighted by Crippen LogP contribution is 2.41. The number of piperidine rings is 1. The van der Waals surface area contributed by atoms with Crippen LogP contribution in [0.4, 0.5) is 0 Å². The Kier molecular flexibility index (Phi) is 3.95. The number of hydrogen-bond donors (Lipinski definition) is 0. The normalized spacial score (nSPS) is 19.2. The maximum Gasteiger partial charge on any atom is 0.140 e. The number of nitrogens with zero attached hydrogens (tertiary/aromatic N) is 1. The van der Waals surface area contributed by atoms with Gasteiger partial charge in [0.15, 0.2) is 0 Å². The van der Waals surface area contributed by atoms with Crippen LogP contribution in [0, 0.1) is 6.92 Å². The molecule has 1 aromatic carbocycles. The van der Waals surface area contributed by atoms with Gasteiger partial charge in [0.1, 0.15) is 11.5 Å². The lowest BCUT2D eigenvalue weighted by atomic mass is 9.69. The smallest absolute Gasteiger partial charge is 0.140 e. The Hall–Kier alpha value is -1.35. The third-order valence-electron chi connectivity index (χ3n) is 4.39. The van der Waals surface area contributed by atoms with Gasteiger partial charge in [0.25, 0.3) is 0 Å². The van der Waals surface area contributed by atoms with Gasteiger partial charge in [-0.25, -0.2) is 0 Å². The molecule has 2 rings (SSSR count). The third kappa shape index (κ3) is 2.52. The van der Waals surface area contributed by atoms with Crippen LogP contribution in [0.15, 0.2) is 18.2 Å². The zero-order valence-electron chi connectivity index (χ0n) is 12.3. The molecule has 3 heteroatoms. The van der Waals surface area contributed by atoms with Crippen molar-refractivity contribution >= 4 is 5.78 Å².